The number of sulfone groups is 1. The first-order valence-electron chi connectivity index (χ1n) is 10.1. The molecular weight excluding hydrogens is 346 g/mol. The van der Waals surface area contributed by atoms with Crippen molar-refractivity contribution in [1.82, 2.24) is 4.90 Å². The van der Waals surface area contributed by atoms with Gasteiger partial charge < -0.3 is 4.90 Å². The summed E-state index contributed by atoms with van der Waals surface area (Å²) in [6.45, 7) is 6.32. The molecule has 1 heterocycles. The number of hydrogen-bond acceptors (Lipinski definition) is 3. The van der Waals surface area contributed by atoms with Gasteiger partial charge >= 0.3 is 0 Å². The quantitative estimate of drug-likeness (QED) is 0.545. The molecule has 0 aromatic carbocycles. The minimum Gasteiger partial charge on any atom is -0.331 e. The van der Waals surface area contributed by atoms with Crippen molar-refractivity contribution in [1.29, 1.82) is 0 Å². The van der Waals surface area contributed by atoms with Crippen molar-refractivity contribution in [3.63, 3.8) is 0 Å². The third kappa shape index (κ3) is 3.28. The summed E-state index contributed by atoms with van der Waals surface area (Å²) in [6, 6.07) is -0.203. The molecule has 5 rings (SSSR count). The number of rotatable bonds is 5. The second-order valence-corrected chi connectivity index (χ2v) is 11.6. The van der Waals surface area contributed by atoms with Gasteiger partial charge in [0, 0.05) is 18.7 Å². The highest BCUT2D eigenvalue weighted by Gasteiger charge is 2.51. The number of allylic oxidation sites excluding steroid dienone is 1. The number of carbonyl (C=O) groups excluding carboxylic acids is 1. The largest absolute Gasteiger partial charge is 0.331 e. The van der Waals surface area contributed by atoms with E-state index in [-0.39, 0.29) is 28.9 Å². The lowest BCUT2D eigenvalue weighted by atomic mass is 9.48. The zero-order valence-corrected chi connectivity index (χ0v) is 16.6. The molecule has 144 valence electrons. The Bertz CT molecular complexity index is 701. The van der Waals surface area contributed by atoms with Gasteiger partial charge in [0.25, 0.3) is 0 Å². The summed E-state index contributed by atoms with van der Waals surface area (Å²) in [5.74, 6) is 2.81. The van der Waals surface area contributed by atoms with E-state index in [1.54, 1.807) is 11.0 Å². The van der Waals surface area contributed by atoms with Gasteiger partial charge in [0.05, 0.1) is 11.5 Å². The highest BCUT2D eigenvalue weighted by molar-refractivity contribution is 7.91. The summed E-state index contributed by atoms with van der Waals surface area (Å²) in [4.78, 5) is 14.8. The van der Waals surface area contributed by atoms with Gasteiger partial charge in [0.2, 0.25) is 5.91 Å². The standard InChI is InChI=1S/C21H31NO3S/c1-3-5-22(19-4-6-26(24,25)14-19)20(23)7-15(2)21-11-16-8-17(12-21)10-18(9-16)13-21/h3,7,16-19H,1,4-6,8-14H2,2H3/b15-7+/t16?,17?,18?,19-,21?/m1/s1. The molecule has 4 saturated carbocycles. The van der Waals surface area contributed by atoms with Crippen LogP contribution in [-0.2, 0) is 14.6 Å². The number of nitrogens with zero attached hydrogens (tertiary/aromatic N) is 1. The Labute approximate surface area is 157 Å². The smallest absolute Gasteiger partial charge is 0.247 e. The molecule has 0 unspecified atom stereocenters. The van der Waals surface area contributed by atoms with E-state index in [1.807, 2.05) is 6.08 Å². The maximum Gasteiger partial charge on any atom is 0.247 e. The van der Waals surface area contributed by atoms with Crippen LogP contribution in [0.1, 0.15) is 51.9 Å². The Morgan fingerprint density at radius 1 is 1.15 bits per heavy atom. The van der Waals surface area contributed by atoms with Gasteiger partial charge in [-0.1, -0.05) is 11.6 Å². The van der Waals surface area contributed by atoms with Crippen molar-refractivity contribution in [3.8, 4) is 0 Å². The molecule has 1 amide bonds. The van der Waals surface area contributed by atoms with Crippen molar-refractivity contribution in [2.24, 2.45) is 23.2 Å². The van der Waals surface area contributed by atoms with Gasteiger partial charge in [-0.15, -0.1) is 6.58 Å². The molecule has 0 aromatic heterocycles. The van der Waals surface area contributed by atoms with Crippen LogP contribution in [0.2, 0.25) is 0 Å². The van der Waals surface area contributed by atoms with E-state index in [0.717, 1.165) is 17.8 Å². The van der Waals surface area contributed by atoms with Crippen molar-refractivity contribution >= 4 is 15.7 Å². The van der Waals surface area contributed by atoms with Crippen LogP contribution in [0.15, 0.2) is 24.3 Å². The fraction of sp³-hybridized carbons (Fsp3) is 0.762. The van der Waals surface area contributed by atoms with E-state index in [1.165, 1.54) is 44.1 Å². The molecule has 5 heteroatoms. The Hall–Kier alpha value is -1.10. The van der Waals surface area contributed by atoms with Gasteiger partial charge in [-0.05, 0) is 75.0 Å². The molecule has 5 aliphatic rings. The Morgan fingerprint density at radius 2 is 1.73 bits per heavy atom. The van der Waals surface area contributed by atoms with Crippen molar-refractivity contribution in [2.75, 3.05) is 18.1 Å². The second kappa shape index (κ2) is 6.50. The van der Waals surface area contributed by atoms with Gasteiger partial charge in [-0.25, -0.2) is 8.42 Å². The Morgan fingerprint density at radius 3 is 2.19 bits per heavy atom. The second-order valence-electron chi connectivity index (χ2n) is 9.36. The molecule has 0 spiro atoms. The van der Waals surface area contributed by atoms with E-state index >= 15 is 0 Å². The lowest BCUT2D eigenvalue weighted by Crippen LogP contribution is -2.47. The molecule has 5 fully saturated rings. The normalized spacial score (nSPS) is 40.6. The van der Waals surface area contributed by atoms with E-state index in [4.69, 9.17) is 0 Å². The summed E-state index contributed by atoms with van der Waals surface area (Å²) >= 11 is 0. The minimum atomic E-state index is -3.01. The lowest BCUT2D eigenvalue weighted by Gasteiger charge is -2.57. The van der Waals surface area contributed by atoms with E-state index in [2.05, 4.69) is 13.5 Å². The van der Waals surface area contributed by atoms with Crippen molar-refractivity contribution in [2.45, 2.75) is 57.9 Å². The SMILES string of the molecule is C=CCN(C(=O)/C=C(\C)C12CC3CC(CC(C3)C1)C2)[C@@H]1CCS(=O)(=O)C1. The van der Waals surface area contributed by atoms with Gasteiger partial charge in [0.1, 0.15) is 0 Å². The van der Waals surface area contributed by atoms with Crippen LogP contribution in [0.5, 0.6) is 0 Å². The van der Waals surface area contributed by atoms with Crippen LogP contribution in [0, 0.1) is 23.2 Å². The van der Waals surface area contributed by atoms with Crippen LogP contribution in [0.4, 0.5) is 0 Å². The summed E-state index contributed by atoms with van der Waals surface area (Å²) in [5, 5.41) is 0. The Balaban J connectivity index is 1.54. The first kappa shape index (κ1) is 18.3. The van der Waals surface area contributed by atoms with Crippen LogP contribution >= 0.6 is 0 Å². The van der Waals surface area contributed by atoms with E-state index < -0.39 is 9.84 Å². The summed E-state index contributed by atoms with van der Waals surface area (Å²) in [5.41, 5.74) is 1.46. The van der Waals surface area contributed by atoms with Gasteiger partial charge in [-0.2, -0.15) is 0 Å². The Kier molecular flexibility index (Phi) is 4.57. The van der Waals surface area contributed by atoms with Crippen LogP contribution in [0.3, 0.4) is 0 Å². The van der Waals surface area contributed by atoms with Crippen molar-refractivity contribution in [3.05, 3.63) is 24.3 Å². The lowest BCUT2D eigenvalue weighted by molar-refractivity contribution is -0.127. The fourth-order valence-corrected chi connectivity index (χ4v) is 8.32. The van der Waals surface area contributed by atoms with Gasteiger partial charge in [-0.3, -0.25) is 4.79 Å². The average Bonchev–Trinajstić information content (AvgIpc) is 2.90. The predicted octanol–water partition coefficient (Wildman–Crippen LogP) is 3.35. The van der Waals surface area contributed by atoms with Crippen molar-refractivity contribution < 1.29 is 13.2 Å². The first-order valence-corrected chi connectivity index (χ1v) is 11.9. The molecule has 0 radical (unpaired) electrons. The van der Waals surface area contributed by atoms with Gasteiger partial charge in [0.15, 0.2) is 9.84 Å². The summed E-state index contributed by atoms with van der Waals surface area (Å²) in [7, 11) is -3.01. The van der Waals surface area contributed by atoms with E-state index in [0.29, 0.717) is 13.0 Å². The molecule has 1 saturated heterocycles. The minimum absolute atomic E-state index is 0.0276. The third-order valence-electron chi connectivity index (χ3n) is 7.47. The fourth-order valence-electron chi connectivity index (χ4n) is 6.59. The molecule has 26 heavy (non-hydrogen) atoms. The monoisotopic (exact) mass is 377 g/mol. The molecule has 0 N–H and O–H groups in total. The van der Waals surface area contributed by atoms with Crippen LogP contribution < -0.4 is 0 Å². The molecular formula is C21H31NO3S. The van der Waals surface area contributed by atoms with E-state index in [9.17, 15) is 13.2 Å². The maximum atomic E-state index is 13.0. The van der Waals surface area contributed by atoms with Crippen LogP contribution in [-0.4, -0.2) is 43.3 Å². The zero-order valence-electron chi connectivity index (χ0n) is 15.8. The third-order valence-corrected chi connectivity index (χ3v) is 9.22. The predicted molar refractivity (Wildman–Crippen MR) is 103 cm³/mol. The first-order chi connectivity index (χ1) is 12.3. The highest BCUT2D eigenvalue weighted by atomic mass is 32.2. The molecule has 0 aromatic rings. The molecule has 4 nitrogen and oxygen atoms in total. The topological polar surface area (TPSA) is 54.5 Å². The molecule has 1 atom stereocenters. The molecule has 1 aliphatic heterocycles. The number of carbonyl (C=O) groups is 1. The summed E-state index contributed by atoms with van der Waals surface area (Å²) in [6.07, 6.45) is 12.0. The number of amides is 1. The molecule has 4 bridgehead atoms. The maximum absolute atomic E-state index is 13.0. The number of hydrogen-bond donors (Lipinski definition) is 0. The van der Waals surface area contributed by atoms with Crippen LogP contribution in [0.25, 0.3) is 0 Å². The zero-order chi connectivity index (χ0) is 18.5. The highest BCUT2D eigenvalue weighted by Crippen LogP contribution is 2.62. The average molecular weight is 378 g/mol. The molecule has 4 aliphatic carbocycles. The summed E-state index contributed by atoms with van der Waals surface area (Å²) < 4.78 is 23.7.